The molecule has 0 bridgehead atoms. The number of halogens is 3. The molecule has 0 N–H and O–H groups in total. The quantitative estimate of drug-likeness (QED) is 0.499. The van der Waals surface area contributed by atoms with Gasteiger partial charge >= 0.3 is 139 Å². The van der Waals surface area contributed by atoms with Crippen LogP contribution in [0.15, 0.2) is 18.2 Å². The third-order valence-electron chi connectivity index (χ3n) is 3.15. The molecule has 0 aliphatic rings. The van der Waals surface area contributed by atoms with Crippen LogP contribution in [0.1, 0.15) is 37.2 Å². The summed E-state index contributed by atoms with van der Waals surface area (Å²) in [5.74, 6) is 0. The van der Waals surface area contributed by atoms with Crippen LogP contribution in [0.3, 0.4) is 0 Å². The van der Waals surface area contributed by atoms with Gasteiger partial charge in [-0.2, -0.15) is 0 Å². The van der Waals surface area contributed by atoms with Crippen LogP contribution in [-0.4, -0.2) is 43.4 Å². The van der Waals surface area contributed by atoms with Crippen molar-refractivity contribution in [1.29, 1.82) is 0 Å². The summed E-state index contributed by atoms with van der Waals surface area (Å²) in [6.45, 7) is 3.41. The second kappa shape index (κ2) is 7.96. The van der Waals surface area contributed by atoms with E-state index in [2.05, 4.69) is 3.27 Å². The number of hydrogen-bond acceptors (Lipinski definition) is 5. The van der Waals surface area contributed by atoms with Crippen molar-refractivity contribution in [3.05, 3.63) is 29.3 Å². The molecule has 23 heavy (non-hydrogen) atoms. The van der Waals surface area contributed by atoms with Crippen molar-refractivity contribution < 1.29 is 34.3 Å². The molecular formula is C13H17F3O5SSe. The van der Waals surface area contributed by atoms with Crippen molar-refractivity contribution in [2.24, 2.45) is 0 Å². The molecule has 1 aromatic rings. The molecule has 0 spiro atoms. The Labute approximate surface area is 139 Å². The third-order valence-corrected chi connectivity index (χ3v) is 6.86. The molecule has 0 radical (unpaired) electrons. The Balaban J connectivity index is 3.26. The fraction of sp³-hybridized carbons (Fsp3) is 0.538. The van der Waals surface area contributed by atoms with E-state index < -0.39 is 43.1 Å². The SMILES string of the molecule is CO[C@H](C)c1cccc([C@@H](C)OC)c1[Se]OS(=O)(=O)C(F)(F)F. The Morgan fingerprint density at radius 3 is 1.83 bits per heavy atom. The molecule has 0 saturated heterocycles. The van der Waals surface area contributed by atoms with Gasteiger partial charge in [-0.1, -0.05) is 0 Å². The first-order chi connectivity index (χ1) is 10.5. The number of alkyl halides is 3. The van der Waals surface area contributed by atoms with Gasteiger partial charge in [0.1, 0.15) is 0 Å². The van der Waals surface area contributed by atoms with E-state index in [1.807, 2.05) is 0 Å². The zero-order chi connectivity index (χ0) is 17.8. The van der Waals surface area contributed by atoms with Crippen LogP contribution >= 0.6 is 0 Å². The summed E-state index contributed by atoms with van der Waals surface area (Å²) in [4.78, 5) is 0. The van der Waals surface area contributed by atoms with Crippen molar-refractivity contribution in [3.63, 3.8) is 0 Å². The predicted octanol–water partition coefficient (Wildman–Crippen LogP) is 2.21. The van der Waals surface area contributed by atoms with Crippen LogP contribution in [0.4, 0.5) is 13.2 Å². The standard InChI is InChI=1S/C13H17F3O5SSe/c1-8(19-3)10-6-5-7-11(9(2)20-4)12(10)23-21-22(17,18)13(14,15)16/h5-9H,1-4H3/t8-,9-/m1/s1. The van der Waals surface area contributed by atoms with Gasteiger partial charge in [-0.3, -0.25) is 0 Å². The Bertz CT molecular complexity index is 605. The summed E-state index contributed by atoms with van der Waals surface area (Å²) in [7, 11) is -2.76. The van der Waals surface area contributed by atoms with Gasteiger partial charge < -0.3 is 0 Å². The molecule has 2 atom stereocenters. The number of hydrogen-bond donors (Lipinski definition) is 0. The third kappa shape index (κ3) is 4.91. The van der Waals surface area contributed by atoms with Crippen molar-refractivity contribution in [2.75, 3.05) is 14.2 Å². The van der Waals surface area contributed by atoms with Gasteiger partial charge in [-0.15, -0.1) is 0 Å². The predicted molar refractivity (Wildman–Crippen MR) is 78.7 cm³/mol. The first-order valence-corrected chi connectivity index (χ1v) is 9.37. The first-order valence-electron chi connectivity index (χ1n) is 6.41. The molecule has 132 valence electrons. The summed E-state index contributed by atoms with van der Waals surface area (Å²) in [5, 5.41) is 0. The average Bonchev–Trinajstić information content (AvgIpc) is 2.49. The van der Waals surface area contributed by atoms with Gasteiger partial charge in [0.25, 0.3) is 0 Å². The first kappa shape index (κ1) is 20.4. The average molecular weight is 421 g/mol. The summed E-state index contributed by atoms with van der Waals surface area (Å²) < 4.78 is 74.5. The minimum atomic E-state index is -5.65. The van der Waals surface area contributed by atoms with Crippen molar-refractivity contribution in [2.45, 2.75) is 31.6 Å². The number of rotatable bonds is 7. The summed E-state index contributed by atoms with van der Waals surface area (Å²) in [5.41, 5.74) is -4.33. The van der Waals surface area contributed by atoms with Crippen LogP contribution in [0.2, 0.25) is 0 Å². The van der Waals surface area contributed by atoms with Crippen LogP contribution in [0, 0.1) is 0 Å². The van der Waals surface area contributed by atoms with E-state index >= 15 is 0 Å². The zero-order valence-electron chi connectivity index (χ0n) is 12.9. The molecule has 0 saturated carbocycles. The Hall–Kier alpha value is -0.641. The van der Waals surface area contributed by atoms with Crippen LogP contribution < -0.4 is 4.46 Å². The molecule has 5 nitrogen and oxygen atoms in total. The molecular weight excluding hydrogens is 404 g/mol. The molecule has 0 aliphatic heterocycles. The topological polar surface area (TPSA) is 61.8 Å². The second-order valence-corrected chi connectivity index (χ2v) is 8.14. The van der Waals surface area contributed by atoms with Gasteiger partial charge in [0.2, 0.25) is 0 Å². The van der Waals surface area contributed by atoms with Crippen molar-refractivity contribution >= 4 is 29.9 Å². The number of methoxy groups -OCH3 is 2. The molecule has 0 unspecified atom stereocenters. The van der Waals surface area contributed by atoms with Crippen LogP contribution in [0.25, 0.3) is 0 Å². The molecule has 0 aromatic heterocycles. The van der Waals surface area contributed by atoms with Gasteiger partial charge in [-0.05, 0) is 0 Å². The van der Waals surface area contributed by atoms with Gasteiger partial charge in [0, 0.05) is 0 Å². The van der Waals surface area contributed by atoms with Gasteiger partial charge in [-0.25, -0.2) is 0 Å². The molecule has 1 aromatic carbocycles. The summed E-state index contributed by atoms with van der Waals surface area (Å²) >= 11 is -1.42. The van der Waals surface area contributed by atoms with E-state index in [0.29, 0.717) is 15.6 Å². The molecule has 1 rings (SSSR count). The Kier molecular flexibility index (Phi) is 7.06. The van der Waals surface area contributed by atoms with Crippen molar-refractivity contribution in [1.82, 2.24) is 0 Å². The van der Waals surface area contributed by atoms with Gasteiger partial charge in [0.05, 0.1) is 0 Å². The fourth-order valence-corrected chi connectivity index (χ4v) is 4.78. The molecule has 0 aliphatic carbocycles. The molecule has 10 heteroatoms. The van der Waals surface area contributed by atoms with E-state index in [1.54, 1.807) is 32.0 Å². The maximum absolute atomic E-state index is 12.4. The molecule has 0 amide bonds. The van der Waals surface area contributed by atoms with E-state index in [0.717, 1.165) is 0 Å². The van der Waals surface area contributed by atoms with Crippen LogP contribution in [-0.2, 0) is 22.9 Å². The monoisotopic (exact) mass is 422 g/mol. The van der Waals surface area contributed by atoms with E-state index in [4.69, 9.17) is 9.47 Å². The number of benzene rings is 1. The second-order valence-electron chi connectivity index (χ2n) is 4.57. The fourth-order valence-electron chi connectivity index (χ4n) is 1.68. The van der Waals surface area contributed by atoms with E-state index in [-0.39, 0.29) is 0 Å². The van der Waals surface area contributed by atoms with Crippen molar-refractivity contribution in [3.8, 4) is 0 Å². The molecule has 0 heterocycles. The minimum absolute atomic E-state index is 0.358. The Morgan fingerprint density at radius 1 is 1.04 bits per heavy atom. The van der Waals surface area contributed by atoms with Crippen LogP contribution in [0.5, 0.6) is 0 Å². The van der Waals surface area contributed by atoms with Gasteiger partial charge in [0.15, 0.2) is 0 Å². The maximum atomic E-state index is 12.4. The van der Waals surface area contributed by atoms with E-state index in [9.17, 15) is 21.6 Å². The summed E-state index contributed by atoms with van der Waals surface area (Å²) in [6.07, 6.45) is -0.874. The number of ether oxygens (including phenoxy) is 2. The summed E-state index contributed by atoms with van der Waals surface area (Å²) in [6, 6.07) is 5.01. The molecule has 0 fully saturated rings. The zero-order valence-corrected chi connectivity index (χ0v) is 15.4. The normalized spacial score (nSPS) is 15.4. The Morgan fingerprint density at radius 2 is 1.48 bits per heavy atom. The van der Waals surface area contributed by atoms with E-state index in [1.165, 1.54) is 14.2 Å².